The van der Waals surface area contributed by atoms with Crippen molar-refractivity contribution < 1.29 is 19.1 Å². The number of hydrogen-bond acceptors (Lipinski definition) is 6. The lowest BCUT2D eigenvalue weighted by molar-refractivity contribution is -0.133. The van der Waals surface area contributed by atoms with Gasteiger partial charge < -0.3 is 20.1 Å². The number of nitrogens with zero attached hydrogens (tertiary/aromatic N) is 3. The van der Waals surface area contributed by atoms with Crippen molar-refractivity contribution in [3.05, 3.63) is 47.9 Å². The summed E-state index contributed by atoms with van der Waals surface area (Å²) < 4.78 is 10.9. The van der Waals surface area contributed by atoms with Gasteiger partial charge in [0, 0.05) is 44.1 Å². The Morgan fingerprint density at radius 1 is 1.14 bits per heavy atom. The molecule has 0 radical (unpaired) electrons. The summed E-state index contributed by atoms with van der Waals surface area (Å²) in [6.45, 7) is 1.79. The molecule has 1 aromatic heterocycles. The van der Waals surface area contributed by atoms with Crippen LogP contribution in [-0.4, -0.2) is 53.5 Å². The van der Waals surface area contributed by atoms with E-state index in [-0.39, 0.29) is 11.8 Å². The number of carbonyl (C=O) groups is 2. The third-order valence-corrected chi connectivity index (χ3v) is 4.80. The molecule has 0 saturated carbocycles. The highest BCUT2D eigenvalue weighted by atomic mass is 16.5. The third-order valence-electron chi connectivity index (χ3n) is 4.80. The summed E-state index contributed by atoms with van der Waals surface area (Å²) in [6, 6.07) is 6.57. The van der Waals surface area contributed by atoms with Gasteiger partial charge in [0.15, 0.2) is 0 Å². The van der Waals surface area contributed by atoms with Crippen molar-refractivity contribution in [2.45, 2.75) is 25.2 Å². The number of methoxy groups -OCH3 is 1. The Morgan fingerprint density at radius 3 is 2.46 bits per heavy atom. The number of primary amides is 1. The summed E-state index contributed by atoms with van der Waals surface area (Å²) in [4.78, 5) is 34.0. The van der Waals surface area contributed by atoms with Gasteiger partial charge in [-0.25, -0.2) is 4.98 Å². The van der Waals surface area contributed by atoms with Crippen molar-refractivity contribution in [3.63, 3.8) is 0 Å². The van der Waals surface area contributed by atoms with Crippen molar-refractivity contribution in [1.82, 2.24) is 14.9 Å². The summed E-state index contributed by atoms with van der Waals surface area (Å²) in [5.41, 5.74) is 6.46. The molecule has 148 valence electrons. The van der Waals surface area contributed by atoms with E-state index in [1.54, 1.807) is 43.8 Å². The molecule has 28 heavy (non-hydrogen) atoms. The van der Waals surface area contributed by atoms with Gasteiger partial charge in [0.1, 0.15) is 11.4 Å². The lowest BCUT2D eigenvalue weighted by Crippen LogP contribution is -2.38. The molecule has 2 amide bonds. The van der Waals surface area contributed by atoms with Gasteiger partial charge in [0.2, 0.25) is 17.7 Å². The Balaban J connectivity index is 1.66. The Bertz CT molecular complexity index is 817. The van der Waals surface area contributed by atoms with Gasteiger partial charge in [0.05, 0.1) is 13.0 Å². The number of hydrogen-bond donors (Lipinski definition) is 1. The summed E-state index contributed by atoms with van der Waals surface area (Å²) in [5.74, 6) is 0.793. The summed E-state index contributed by atoms with van der Waals surface area (Å²) in [5, 5.41) is 0. The Labute approximate surface area is 163 Å². The standard InChI is InChI=1S/C20H24N4O4/c1-27-13-8-17(25)24-11-6-14(7-12-24)18-20(23-10-9-22-18)28-16-4-2-15(3-5-16)19(21)26/h2-5,9-10,14H,6-8,11-13H2,1H3,(H2,21,26). The maximum absolute atomic E-state index is 12.1. The highest BCUT2D eigenvalue weighted by Gasteiger charge is 2.27. The minimum atomic E-state index is -0.487. The molecule has 1 aliphatic rings. The first-order valence-electron chi connectivity index (χ1n) is 9.24. The van der Waals surface area contributed by atoms with Crippen molar-refractivity contribution in [1.29, 1.82) is 0 Å². The Morgan fingerprint density at radius 2 is 1.82 bits per heavy atom. The average molecular weight is 384 g/mol. The molecular formula is C20H24N4O4. The van der Waals surface area contributed by atoms with Crippen molar-refractivity contribution >= 4 is 11.8 Å². The van der Waals surface area contributed by atoms with Crippen LogP contribution in [0.1, 0.15) is 41.2 Å². The molecule has 2 heterocycles. The van der Waals surface area contributed by atoms with Gasteiger partial charge in [-0.15, -0.1) is 0 Å². The molecule has 0 unspecified atom stereocenters. The smallest absolute Gasteiger partial charge is 0.248 e. The van der Waals surface area contributed by atoms with Crippen molar-refractivity contribution in [2.75, 3.05) is 26.8 Å². The fourth-order valence-electron chi connectivity index (χ4n) is 3.24. The molecule has 0 atom stereocenters. The first-order valence-corrected chi connectivity index (χ1v) is 9.24. The zero-order valence-electron chi connectivity index (χ0n) is 15.8. The predicted molar refractivity (Wildman–Crippen MR) is 102 cm³/mol. The van der Waals surface area contributed by atoms with E-state index in [1.165, 1.54) is 0 Å². The van der Waals surface area contributed by atoms with Crippen molar-refractivity contribution in [3.8, 4) is 11.6 Å². The fourth-order valence-corrected chi connectivity index (χ4v) is 3.24. The lowest BCUT2D eigenvalue weighted by Gasteiger charge is -2.32. The van der Waals surface area contributed by atoms with Crippen molar-refractivity contribution in [2.24, 2.45) is 5.73 Å². The van der Waals surface area contributed by atoms with Crippen LogP contribution in [0.25, 0.3) is 0 Å². The molecule has 1 saturated heterocycles. The molecular weight excluding hydrogens is 360 g/mol. The van der Waals surface area contributed by atoms with Crippen LogP contribution in [0.5, 0.6) is 11.6 Å². The Kier molecular flexibility index (Phi) is 6.54. The topological polar surface area (TPSA) is 108 Å². The predicted octanol–water partition coefficient (Wildman–Crippen LogP) is 2.11. The molecule has 2 N–H and O–H groups in total. The van der Waals surface area contributed by atoms with E-state index in [0.717, 1.165) is 18.5 Å². The first kappa shape index (κ1) is 19.8. The van der Waals surface area contributed by atoms with Crippen LogP contribution in [0.4, 0.5) is 0 Å². The van der Waals surface area contributed by atoms with Crippen LogP contribution in [0.15, 0.2) is 36.7 Å². The minimum Gasteiger partial charge on any atom is -0.437 e. The molecule has 8 heteroatoms. The van der Waals surface area contributed by atoms with E-state index in [4.69, 9.17) is 15.2 Å². The van der Waals surface area contributed by atoms with E-state index in [9.17, 15) is 9.59 Å². The molecule has 2 aromatic rings. The number of nitrogens with two attached hydrogens (primary N) is 1. The van der Waals surface area contributed by atoms with E-state index in [2.05, 4.69) is 9.97 Å². The maximum atomic E-state index is 12.1. The number of amides is 2. The maximum Gasteiger partial charge on any atom is 0.248 e. The molecule has 1 aliphatic heterocycles. The second-order valence-electron chi connectivity index (χ2n) is 6.64. The number of aromatic nitrogens is 2. The zero-order chi connectivity index (χ0) is 19.9. The van der Waals surface area contributed by atoms with Crippen LogP contribution >= 0.6 is 0 Å². The minimum absolute atomic E-state index is 0.116. The quantitative estimate of drug-likeness (QED) is 0.783. The first-order chi connectivity index (χ1) is 13.6. The summed E-state index contributed by atoms with van der Waals surface area (Å²) in [6.07, 6.45) is 5.24. The number of piperidine rings is 1. The van der Waals surface area contributed by atoms with Gasteiger partial charge >= 0.3 is 0 Å². The molecule has 0 spiro atoms. The van der Waals surface area contributed by atoms with E-state index in [1.807, 2.05) is 4.90 Å². The fraction of sp³-hybridized carbons (Fsp3) is 0.400. The number of carbonyl (C=O) groups excluding carboxylic acids is 2. The second-order valence-corrected chi connectivity index (χ2v) is 6.64. The van der Waals surface area contributed by atoms with E-state index in [0.29, 0.717) is 43.3 Å². The normalized spacial score (nSPS) is 14.7. The largest absolute Gasteiger partial charge is 0.437 e. The van der Waals surface area contributed by atoms with Crippen LogP contribution < -0.4 is 10.5 Å². The molecule has 3 rings (SSSR count). The van der Waals surface area contributed by atoms with Gasteiger partial charge in [-0.3, -0.25) is 14.6 Å². The van der Waals surface area contributed by atoms with Gasteiger partial charge in [-0.1, -0.05) is 0 Å². The Hall–Kier alpha value is -3.00. The second kappa shape index (κ2) is 9.27. The molecule has 1 fully saturated rings. The zero-order valence-corrected chi connectivity index (χ0v) is 15.8. The third kappa shape index (κ3) is 4.83. The molecule has 0 aliphatic carbocycles. The number of likely N-dealkylation sites (tertiary alicyclic amines) is 1. The average Bonchev–Trinajstić information content (AvgIpc) is 2.73. The van der Waals surface area contributed by atoms with Crippen LogP contribution in [0.2, 0.25) is 0 Å². The number of ether oxygens (including phenoxy) is 2. The summed E-state index contributed by atoms with van der Waals surface area (Å²) >= 11 is 0. The molecule has 0 bridgehead atoms. The van der Waals surface area contributed by atoms with Crippen LogP contribution in [-0.2, 0) is 9.53 Å². The molecule has 8 nitrogen and oxygen atoms in total. The summed E-state index contributed by atoms with van der Waals surface area (Å²) in [7, 11) is 1.59. The number of rotatable bonds is 7. The van der Waals surface area contributed by atoms with Gasteiger partial charge in [-0.05, 0) is 37.1 Å². The highest BCUT2D eigenvalue weighted by molar-refractivity contribution is 5.92. The highest BCUT2D eigenvalue weighted by Crippen LogP contribution is 2.33. The monoisotopic (exact) mass is 384 g/mol. The number of benzene rings is 1. The lowest BCUT2D eigenvalue weighted by atomic mass is 9.93. The van der Waals surface area contributed by atoms with Gasteiger partial charge in [-0.2, -0.15) is 0 Å². The van der Waals surface area contributed by atoms with Gasteiger partial charge in [0.25, 0.3) is 0 Å². The SMILES string of the molecule is COCCC(=O)N1CCC(c2nccnc2Oc2ccc(C(N)=O)cc2)CC1. The van der Waals surface area contributed by atoms with Crippen LogP contribution in [0.3, 0.4) is 0 Å². The van der Waals surface area contributed by atoms with E-state index < -0.39 is 5.91 Å². The van der Waals surface area contributed by atoms with E-state index >= 15 is 0 Å². The van der Waals surface area contributed by atoms with Crippen LogP contribution in [0, 0.1) is 0 Å². The molecule has 1 aromatic carbocycles.